The van der Waals surface area contributed by atoms with E-state index in [1.165, 1.54) is 0 Å². The van der Waals surface area contributed by atoms with Crippen molar-refractivity contribution in [2.75, 3.05) is 26.8 Å². The van der Waals surface area contributed by atoms with Gasteiger partial charge < -0.3 is 11.1 Å². The maximum Gasteiger partial charge on any atom is 0.207 e. The Morgan fingerprint density at radius 2 is 2.40 bits per heavy atom. The number of nitrogens with two attached hydrogens (primary N) is 1. The van der Waals surface area contributed by atoms with Crippen molar-refractivity contribution >= 4 is 6.41 Å². The van der Waals surface area contributed by atoms with Crippen molar-refractivity contribution in [2.45, 2.75) is 6.42 Å². The molecular weight excluding hydrogens is 130 g/mol. The van der Waals surface area contributed by atoms with Crippen molar-refractivity contribution in [2.24, 2.45) is 5.73 Å². The maximum atomic E-state index is 9.77. The zero-order valence-electron chi connectivity index (χ0n) is 6.34. The van der Waals surface area contributed by atoms with Gasteiger partial charge in [-0.2, -0.15) is 0 Å². The summed E-state index contributed by atoms with van der Waals surface area (Å²) in [5.41, 5.74) is 5.32. The molecule has 0 atom stereocenters. The van der Waals surface area contributed by atoms with Gasteiger partial charge in [-0.1, -0.05) is 0 Å². The van der Waals surface area contributed by atoms with Gasteiger partial charge in [0.1, 0.15) is 0 Å². The van der Waals surface area contributed by atoms with Crippen molar-refractivity contribution in [1.29, 1.82) is 0 Å². The molecule has 4 heteroatoms. The summed E-state index contributed by atoms with van der Waals surface area (Å²) < 4.78 is 0. The average molecular weight is 145 g/mol. The molecule has 0 heterocycles. The number of carbonyl (C=O) groups is 1. The lowest BCUT2D eigenvalue weighted by atomic mass is 10.4. The molecule has 60 valence electrons. The van der Waals surface area contributed by atoms with E-state index in [2.05, 4.69) is 5.32 Å². The first-order chi connectivity index (χ1) is 4.81. The predicted octanol–water partition coefficient (Wildman–Crippen LogP) is -1.03. The molecule has 0 aromatic carbocycles. The third-order valence-corrected chi connectivity index (χ3v) is 1.26. The minimum absolute atomic E-state index is 0.571. The van der Waals surface area contributed by atoms with Crippen LogP contribution >= 0.6 is 0 Å². The molecule has 4 nitrogen and oxygen atoms in total. The molecule has 0 aromatic heterocycles. The van der Waals surface area contributed by atoms with E-state index in [9.17, 15) is 4.79 Å². The van der Waals surface area contributed by atoms with Crippen LogP contribution in [0.4, 0.5) is 0 Å². The summed E-state index contributed by atoms with van der Waals surface area (Å²) in [6, 6.07) is 0. The van der Waals surface area contributed by atoms with Crippen molar-refractivity contribution in [3.8, 4) is 0 Å². The van der Waals surface area contributed by atoms with Crippen LogP contribution in [0.2, 0.25) is 0 Å². The molecule has 0 radical (unpaired) electrons. The van der Waals surface area contributed by atoms with E-state index >= 15 is 0 Å². The first kappa shape index (κ1) is 9.39. The molecule has 0 rings (SSSR count). The number of hydrogen-bond acceptors (Lipinski definition) is 3. The normalized spacial score (nSPS) is 9.90. The topological polar surface area (TPSA) is 58.4 Å². The highest BCUT2D eigenvalue weighted by atomic mass is 16.1. The van der Waals surface area contributed by atoms with Crippen LogP contribution < -0.4 is 11.1 Å². The molecule has 10 heavy (non-hydrogen) atoms. The van der Waals surface area contributed by atoms with Gasteiger partial charge in [-0.15, -0.1) is 0 Å². The molecule has 0 saturated heterocycles. The van der Waals surface area contributed by atoms with Gasteiger partial charge in [-0.25, -0.2) is 0 Å². The van der Waals surface area contributed by atoms with Gasteiger partial charge >= 0.3 is 0 Å². The Morgan fingerprint density at radius 3 is 2.90 bits per heavy atom. The second-order valence-electron chi connectivity index (χ2n) is 2.19. The Bertz CT molecular complexity index is 87.1. The fraction of sp³-hybridized carbons (Fsp3) is 0.833. The largest absolute Gasteiger partial charge is 0.359 e. The second-order valence-corrected chi connectivity index (χ2v) is 2.19. The minimum atomic E-state index is 0.571. The molecule has 0 unspecified atom stereocenters. The molecule has 0 aliphatic heterocycles. The Kier molecular flexibility index (Phi) is 6.11. The summed E-state index contributed by atoms with van der Waals surface area (Å²) in [4.78, 5) is 11.8. The standard InChI is InChI=1S/C6H15N3O/c1-9(5-7)4-2-3-8-6-10/h6H,2-5,7H2,1H3,(H,8,10). The number of nitrogens with one attached hydrogen (secondary N) is 1. The molecule has 3 N–H and O–H groups in total. The van der Waals surface area contributed by atoms with E-state index in [1.54, 1.807) is 0 Å². The molecular formula is C6H15N3O. The minimum Gasteiger partial charge on any atom is -0.359 e. The van der Waals surface area contributed by atoms with E-state index in [-0.39, 0.29) is 0 Å². The molecule has 0 spiro atoms. The zero-order chi connectivity index (χ0) is 7.82. The summed E-state index contributed by atoms with van der Waals surface area (Å²) >= 11 is 0. The molecule has 0 fully saturated rings. The fourth-order valence-corrected chi connectivity index (χ4v) is 0.601. The van der Waals surface area contributed by atoms with E-state index in [1.807, 2.05) is 11.9 Å². The number of amides is 1. The highest BCUT2D eigenvalue weighted by molar-refractivity contribution is 5.45. The van der Waals surface area contributed by atoms with Crippen LogP contribution in [0.1, 0.15) is 6.42 Å². The number of carbonyl (C=O) groups excluding carboxylic acids is 1. The smallest absolute Gasteiger partial charge is 0.207 e. The van der Waals surface area contributed by atoms with E-state index in [0.29, 0.717) is 13.1 Å². The Hall–Kier alpha value is -0.610. The van der Waals surface area contributed by atoms with Crippen molar-refractivity contribution in [3.05, 3.63) is 0 Å². The summed E-state index contributed by atoms with van der Waals surface area (Å²) in [5, 5.41) is 2.58. The molecule has 0 bridgehead atoms. The lowest BCUT2D eigenvalue weighted by Crippen LogP contribution is -2.28. The van der Waals surface area contributed by atoms with Gasteiger partial charge in [-0.3, -0.25) is 9.69 Å². The lowest BCUT2D eigenvalue weighted by molar-refractivity contribution is -0.109. The van der Waals surface area contributed by atoms with Crippen LogP contribution in [0.3, 0.4) is 0 Å². The summed E-state index contributed by atoms with van der Waals surface area (Å²) in [7, 11) is 1.95. The van der Waals surface area contributed by atoms with E-state index < -0.39 is 0 Å². The third-order valence-electron chi connectivity index (χ3n) is 1.26. The van der Waals surface area contributed by atoms with Crippen molar-refractivity contribution in [1.82, 2.24) is 10.2 Å². The van der Waals surface area contributed by atoms with Crippen molar-refractivity contribution < 1.29 is 4.79 Å². The van der Waals surface area contributed by atoms with Crippen LogP contribution in [0.5, 0.6) is 0 Å². The first-order valence-corrected chi connectivity index (χ1v) is 3.37. The second kappa shape index (κ2) is 6.51. The van der Waals surface area contributed by atoms with Crippen LogP contribution in [-0.2, 0) is 4.79 Å². The van der Waals surface area contributed by atoms with E-state index in [4.69, 9.17) is 5.73 Å². The molecule has 0 aliphatic rings. The van der Waals surface area contributed by atoms with Crippen LogP contribution in [0, 0.1) is 0 Å². The summed E-state index contributed by atoms with van der Waals surface area (Å²) in [5.74, 6) is 0. The van der Waals surface area contributed by atoms with Gasteiger partial charge in [0.25, 0.3) is 0 Å². The molecule has 0 aliphatic carbocycles. The maximum absolute atomic E-state index is 9.77. The average Bonchev–Trinajstić information content (AvgIpc) is 1.98. The van der Waals surface area contributed by atoms with Gasteiger partial charge in [-0.05, 0) is 13.5 Å². The highest BCUT2D eigenvalue weighted by Crippen LogP contribution is 1.80. The van der Waals surface area contributed by atoms with Crippen LogP contribution in [-0.4, -0.2) is 38.1 Å². The number of hydrogen-bond donors (Lipinski definition) is 2. The number of nitrogens with zero attached hydrogens (tertiary/aromatic N) is 1. The zero-order valence-corrected chi connectivity index (χ0v) is 6.34. The Labute approximate surface area is 61.4 Å². The fourth-order valence-electron chi connectivity index (χ4n) is 0.601. The van der Waals surface area contributed by atoms with Crippen LogP contribution in [0.25, 0.3) is 0 Å². The highest BCUT2D eigenvalue weighted by Gasteiger charge is 1.91. The van der Waals surface area contributed by atoms with E-state index in [0.717, 1.165) is 19.5 Å². The quantitative estimate of drug-likeness (QED) is 0.285. The van der Waals surface area contributed by atoms with Gasteiger partial charge in [0.05, 0.1) is 0 Å². The van der Waals surface area contributed by atoms with Gasteiger partial charge in [0.2, 0.25) is 6.41 Å². The number of rotatable bonds is 6. The summed E-state index contributed by atoms with van der Waals surface area (Å²) in [6.45, 7) is 2.23. The SMILES string of the molecule is CN(CN)CCCNC=O. The monoisotopic (exact) mass is 145 g/mol. The Balaban J connectivity index is 2.95. The van der Waals surface area contributed by atoms with Crippen LogP contribution in [0.15, 0.2) is 0 Å². The summed E-state index contributed by atoms with van der Waals surface area (Å²) in [6.07, 6.45) is 1.66. The van der Waals surface area contributed by atoms with Gasteiger partial charge in [0.15, 0.2) is 0 Å². The Morgan fingerprint density at radius 1 is 1.70 bits per heavy atom. The predicted molar refractivity (Wildman–Crippen MR) is 40.4 cm³/mol. The first-order valence-electron chi connectivity index (χ1n) is 3.37. The molecule has 1 amide bonds. The van der Waals surface area contributed by atoms with Gasteiger partial charge in [0, 0.05) is 19.8 Å². The molecule has 0 saturated carbocycles. The molecule has 0 aromatic rings. The third kappa shape index (κ3) is 5.53. The van der Waals surface area contributed by atoms with Crippen molar-refractivity contribution in [3.63, 3.8) is 0 Å². The lowest BCUT2D eigenvalue weighted by Gasteiger charge is -2.12.